The fraction of sp³-hybridized carbons (Fsp3) is 0.211. The monoisotopic (exact) mass is 367 g/mol. The van der Waals surface area contributed by atoms with Gasteiger partial charge in [0.1, 0.15) is 17.4 Å². The Kier molecular flexibility index (Phi) is 4.22. The number of nitrogens with two attached hydrogens (primary N) is 1. The standard InChI is InChI=1S/C19H17N3OS2/c1-22-10-12(8-13-4-2-6-24-13)18-15(11-22)17(16-5-3-7-25-16)14(9-20)19(21)23-18/h2-8,17H,10-11,21H2,1H3/b12-8+/t17-/m0/s1. The molecule has 0 saturated heterocycles. The minimum atomic E-state index is -0.122. The van der Waals surface area contributed by atoms with Crippen molar-refractivity contribution in [2.24, 2.45) is 5.73 Å². The molecule has 4 nitrogen and oxygen atoms in total. The van der Waals surface area contributed by atoms with Gasteiger partial charge in [-0.05, 0) is 36.0 Å². The Morgan fingerprint density at radius 2 is 2.08 bits per heavy atom. The first-order valence-electron chi connectivity index (χ1n) is 7.94. The Morgan fingerprint density at radius 3 is 2.76 bits per heavy atom. The second kappa shape index (κ2) is 6.52. The maximum absolute atomic E-state index is 9.65. The SMILES string of the molecule is CN1CC2=C(OC(N)=C(C#N)[C@@H]2c2cccs2)/C(=C/c2cccs2)C1. The third-order valence-corrected chi connectivity index (χ3v) is 6.14. The topological polar surface area (TPSA) is 62.3 Å². The molecule has 2 aromatic heterocycles. The molecule has 2 aliphatic rings. The highest BCUT2D eigenvalue weighted by Gasteiger charge is 2.37. The molecule has 0 saturated carbocycles. The van der Waals surface area contributed by atoms with Crippen LogP contribution in [0, 0.1) is 11.3 Å². The van der Waals surface area contributed by atoms with Crippen LogP contribution in [0.25, 0.3) is 6.08 Å². The van der Waals surface area contributed by atoms with Gasteiger partial charge in [0.25, 0.3) is 0 Å². The Morgan fingerprint density at radius 1 is 1.28 bits per heavy atom. The summed E-state index contributed by atoms with van der Waals surface area (Å²) in [6.45, 7) is 1.56. The van der Waals surface area contributed by atoms with Crippen LogP contribution in [0.15, 0.2) is 63.4 Å². The number of rotatable bonds is 2. The molecule has 2 N–H and O–H groups in total. The largest absolute Gasteiger partial charge is 0.440 e. The zero-order valence-corrected chi connectivity index (χ0v) is 15.4. The molecule has 0 aromatic carbocycles. The highest BCUT2D eigenvalue weighted by molar-refractivity contribution is 7.10. The van der Waals surface area contributed by atoms with E-state index in [-0.39, 0.29) is 11.8 Å². The molecule has 2 aromatic rings. The zero-order valence-electron chi connectivity index (χ0n) is 13.7. The van der Waals surface area contributed by atoms with Gasteiger partial charge >= 0.3 is 0 Å². The van der Waals surface area contributed by atoms with E-state index in [9.17, 15) is 5.26 Å². The van der Waals surface area contributed by atoms with E-state index in [1.54, 1.807) is 22.7 Å². The normalized spacial score (nSPS) is 22.7. The molecule has 0 aliphatic carbocycles. The van der Waals surface area contributed by atoms with E-state index in [0.717, 1.165) is 34.9 Å². The summed E-state index contributed by atoms with van der Waals surface area (Å²) in [5.74, 6) is 0.936. The van der Waals surface area contributed by atoms with E-state index in [4.69, 9.17) is 10.5 Å². The van der Waals surface area contributed by atoms with E-state index in [0.29, 0.717) is 5.57 Å². The van der Waals surface area contributed by atoms with E-state index in [2.05, 4.69) is 41.6 Å². The Labute approximate surface area is 154 Å². The van der Waals surface area contributed by atoms with E-state index in [1.807, 2.05) is 17.5 Å². The van der Waals surface area contributed by atoms with Crippen molar-refractivity contribution in [3.63, 3.8) is 0 Å². The Bertz CT molecular complexity index is 915. The number of ether oxygens (including phenoxy) is 1. The van der Waals surface area contributed by atoms with Crippen LogP contribution < -0.4 is 5.73 Å². The molecule has 0 spiro atoms. The molecular weight excluding hydrogens is 350 g/mol. The molecule has 4 rings (SSSR count). The molecule has 126 valence electrons. The lowest BCUT2D eigenvalue weighted by Gasteiger charge is -2.36. The minimum Gasteiger partial charge on any atom is -0.440 e. The number of allylic oxidation sites excluding steroid dienone is 1. The Balaban J connectivity index is 1.87. The van der Waals surface area contributed by atoms with Crippen LogP contribution in [0.5, 0.6) is 0 Å². The summed E-state index contributed by atoms with van der Waals surface area (Å²) >= 11 is 3.34. The molecule has 6 heteroatoms. The fourth-order valence-electron chi connectivity index (χ4n) is 3.37. The molecule has 0 unspecified atom stereocenters. The van der Waals surface area contributed by atoms with Crippen molar-refractivity contribution in [1.82, 2.24) is 4.90 Å². The second-order valence-electron chi connectivity index (χ2n) is 6.15. The quantitative estimate of drug-likeness (QED) is 0.874. The fourth-order valence-corrected chi connectivity index (χ4v) is 4.92. The van der Waals surface area contributed by atoms with Crippen LogP contribution in [-0.4, -0.2) is 25.0 Å². The first-order chi connectivity index (χ1) is 12.2. The number of hydrogen-bond donors (Lipinski definition) is 1. The third-order valence-electron chi connectivity index (χ3n) is 4.39. The van der Waals surface area contributed by atoms with Crippen LogP contribution >= 0.6 is 22.7 Å². The number of thiophene rings is 2. The van der Waals surface area contributed by atoms with Gasteiger partial charge in [-0.3, -0.25) is 4.90 Å². The van der Waals surface area contributed by atoms with E-state index >= 15 is 0 Å². The molecule has 0 amide bonds. The number of hydrogen-bond acceptors (Lipinski definition) is 6. The smallest absolute Gasteiger partial charge is 0.205 e. The molecule has 1 atom stereocenters. The molecule has 2 aliphatic heterocycles. The van der Waals surface area contributed by atoms with Gasteiger partial charge in [0.15, 0.2) is 0 Å². The van der Waals surface area contributed by atoms with Crippen molar-refractivity contribution in [1.29, 1.82) is 5.26 Å². The molecular formula is C19H17N3OS2. The zero-order chi connectivity index (χ0) is 17.4. The molecule has 0 bridgehead atoms. The lowest BCUT2D eigenvalue weighted by molar-refractivity contribution is 0.251. The van der Waals surface area contributed by atoms with Gasteiger partial charge in [0.2, 0.25) is 5.88 Å². The van der Waals surface area contributed by atoms with Crippen LogP contribution in [-0.2, 0) is 4.74 Å². The summed E-state index contributed by atoms with van der Waals surface area (Å²) in [6, 6.07) is 10.5. The highest BCUT2D eigenvalue weighted by Crippen LogP contribution is 2.44. The number of nitrogens with zero attached hydrogens (tertiary/aromatic N) is 2. The first kappa shape index (κ1) is 16.2. The molecule has 4 heterocycles. The van der Waals surface area contributed by atoms with Gasteiger partial charge in [-0.15, -0.1) is 22.7 Å². The van der Waals surface area contributed by atoms with Crippen molar-refractivity contribution in [2.75, 3.05) is 20.1 Å². The predicted molar refractivity (Wildman–Crippen MR) is 102 cm³/mol. The highest BCUT2D eigenvalue weighted by atomic mass is 32.1. The van der Waals surface area contributed by atoms with Crippen LogP contribution in [0.3, 0.4) is 0 Å². The molecule has 25 heavy (non-hydrogen) atoms. The summed E-state index contributed by atoms with van der Waals surface area (Å²) in [5, 5.41) is 13.7. The van der Waals surface area contributed by atoms with Gasteiger partial charge in [0.05, 0.1) is 5.92 Å². The van der Waals surface area contributed by atoms with Crippen LogP contribution in [0.2, 0.25) is 0 Å². The average Bonchev–Trinajstić information content (AvgIpc) is 3.28. The van der Waals surface area contributed by atoms with Gasteiger partial charge in [0, 0.05) is 34.0 Å². The molecule has 0 fully saturated rings. The van der Waals surface area contributed by atoms with Crippen molar-refractivity contribution in [3.05, 3.63) is 73.1 Å². The maximum Gasteiger partial charge on any atom is 0.205 e. The van der Waals surface area contributed by atoms with E-state index in [1.165, 1.54) is 4.88 Å². The first-order valence-corrected chi connectivity index (χ1v) is 9.70. The van der Waals surface area contributed by atoms with Gasteiger partial charge < -0.3 is 10.5 Å². The second-order valence-corrected chi connectivity index (χ2v) is 8.11. The summed E-state index contributed by atoms with van der Waals surface area (Å²) in [7, 11) is 2.09. The van der Waals surface area contributed by atoms with Gasteiger partial charge in [-0.25, -0.2) is 0 Å². The summed E-state index contributed by atoms with van der Waals surface area (Å²) < 4.78 is 5.96. The lowest BCUT2D eigenvalue weighted by atomic mass is 9.84. The number of nitriles is 1. The molecule has 0 radical (unpaired) electrons. The average molecular weight is 367 g/mol. The van der Waals surface area contributed by atoms with Gasteiger partial charge in [-0.2, -0.15) is 5.26 Å². The third kappa shape index (κ3) is 2.91. The summed E-state index contributed by atoms with van der Waals surface area (Å²) in [5.41, 5.74) is 8.86. The minimum absolute atomic E-state index is 0.122. The maximum atomic E-state index is 9.65. The van der Waals surface area contributed by atoms with Crippen molar-refractivity contribution in [3.8, 4) is 6.07 Å². The predicted octanol–water partition coefficient (Wildman–Crippen LogP) is 3.90. The van der Waals surface area contributed by atoms with Gasteiger partial charge in [-0.1, -0.05) is 12.1 Å². The van der Waals surface area contributed by atoms with Crippen molar-refractivity contribution < 1.29 is 4.74 Å². The number of likely N-dealkylation sites (N-methyl/N-ethyl adjacent to an activating group) is 1. The summed E-state index contributed by atoms with van der Waals surface area (Å²) in [4.78, 5) is 4.56. The lowest BCUT2D eigenvalue weighted by Crippen LogP contribution is -2.35. The van der Waals surface area contributed by atoms with Crippen molar-refractivity contribution in [2.45, 2.75) is 5.92 Å². The summed E-state index contributed by atoms with van der Waals surface area (Å²) in [6.07, 6.45) is 2.16. The van der Waals surface area contributed by atoms with Crippen LogP contribution in [0.4, 0.5) is 0 Å². The van der Waals surface area contributed by atoms with Crippen LogP contribution in [0.1, 0.15) is 15.7 Å². The Hall–Kier alpha value is -2.33. The van der Waals surface area contributed by atoms with Crippen molar-refractivity contribution >= 4 is 28.7 Å². The van der Waals surface area contributed by atoms with E-state index < -0.39 is 0 Å².